The number of aryl methyl sites for hydroxylation is 1. The summed E-state index contributed by atoms with van der Waals surface area (Å²) in [6, 6.07) is 16.7. The second-order valence-electron chi connectivity index (χ2n) is 11.2. The van der Waals surface area contributed by atoms with Gasteiger partial charge in [-0.3, -0.25) is 9.59 Å². The van der Waals surface area contributed by atoms with Gasteiger partial charge in [-0.2, -0.15) is 0 Å². The molecule has 0 aliphatic carbocycles. The monoisotopic (exact) mass is 560 g/mol. The Morgan fingerprint density at radius 2 is 1.51 bits per heavy atom. The number of benzene rings is 2. The van der Waals surface area contributed by atoms with Gasteiger partial charge in [0.1, 0.15) is 0 Å². The molecule has 1 aromatic heterocycles. The summed E-state index contributed by atoms with van der Waals surface area (Å²) in [5.74, 6) is -0.446. The van der Waals surface area contributed by atoms with E-state index in [1.165, 1.54) is 17.5 Å². The highest BCUT2D eigenvalue weighted by molar-refractivity contribution is 6.05. The molecule has 218 valence electrons. The van der Waals surface area contributed by atoms with E-state index in [4.69, 9.17) is 4.42 Å². The van der Waals surface area contributed by atoms with Crippen LogP contribution in [0.25, 0.3) is 0 Å². The number of piperazine rings is 1. The van der Waals surface area contributed by atoms with Crippen molar-refractivity contribution in [2.45, 2.75) is 39.7 Å². The van der Waals surface area contributed by atoms with Crippen LogP contribution in [0.5, 0.6) is 0 Å². The predicted molar refractivity (Wildman–Crippen MR) is 162 cm³/mol. The number of hydrogen-bond acceptors (Lipinski definition) is 6. The summed E-state index contributed by atoms with van der Waals surface area (Å²) in [7, 11) is 0. The van der Waals surface area contributed by atoms with E-state index >= 15 is 0 Å². The minimum atomic E-state index is -0.382. The number of urea groups is 1. The fourth-order valence-electron chi connectivity index (χ4n) is 4.73. The molecule has 2 heterocycles. The van der Waals surface area contributed by atoms with E-state index in [0.29, 0.717) is 30.8 Å². The van der Waals surface area contributed by atoms with Crippen molar-refractivity contribution in [1.29, 1.82) is 0 Å². The molecule has 10 heteroatoms. The maximum atomic E-state index is 13.0. The van der Waals surface area contributed by atoms with Crippen LogP contribution in [0.2, 0.25) is 0 Å². The van der Waals surface area contributed by atoms with Crippen LogP contribution in [-0.4, -0.2) is 62.7 Å². The Labute approximate surface area is 241 Å². The zero-order valence-electron chi connectivity index (χ0n) is 24.3. The Kier molecular flexibility index (Phi) is 9.54. The lowest BCUT2D eigenvalue weighted by Crippen LogP contribution is -2.47. The molecule has 4 amide bonds. The fourth-order valence-corrected chi connectivity index (χ4v) is 4.73. The molecule has 0 spiro atoms. The number of nitrogens with one attached hydrogen (secondary N) is 4. The molecule has 10 nitrogen and oxygen atoms in total. The number of furan rings is 1. The Hall–Kier alpha value is -4.47. The topological polar surface area (TPSA) is 119 Å². The van der Waals surface area contributed by atoms with Crippen LogP contribution in [0, 0.1) is 6.92 Å². The Balaban J connectivity index is 1.40. The van der Waals surface area contributed by atoms with Crippen molar-refractivity contribution in [3.8, 4) is 0 Å². The minimum Gasteiger partial charge on any atom is -0.459 e. The van der Waals surface area contributed by atoms with Gasteiger partial charge in [0, 0.05) is 56.1 Å². The SMILES string of the molecule is Cc1ccccc1N1CCN(c2ccc(C(=O)NCCCNC(=O)NC(C)(C)C)cc2NC(=O)c2ccco2)CC1. The first-order valence-corrected chi connectivity index (χ1v) is 14.0. The van der Waals surface area contributed by atoms with Gasteiger partial charge in [0.2, 0.25) is 0 Å². The number of anilines is 3. The first-order chi connectivity index (χ1) is 19.6. The Bertz CT molecular complexity index is 1340. The van der Waals surface area contributed by atoms with E-state index in [-0.39, 0.29) is 29.1 Å². The predicted octanol–water partition coefficient (Wildman–Crippen LogP) is 4.38. The number of amides is 4. The molecule has 1 fully saturated rings. The summed E-state index contributed by atoms with van der Waals surface area (Å²) in [5.41, 5.74) is 3.98. The van der Waals surface area contributed by atoms with Crippen LogP contribution in [0.4, 0.5) is 21.9 Å². The van der Waals surface area contributed by atoms with Crippen molar-refractivity contribution in [1.82, 2.24) is 16.0 Å². The quantitative estimate of drug-likeness (QED) is 0.289. The number of nitrogens with zero attached hydrogens (tertiary/aromatic N) is 2. The summed E-state index contributed by atoms with van der Waals surface area (Å²) < 4.78 is 5.28. The molecule has 0 unspecified atom stereocenters. The molecule has 41 heavy (non-hydrogen) atoms. The third-order valence-electron chi connectivity index (χ3n) is 6.74. The van der Waals surface area contributed by atoms with Gasteiger partial charge >= 0.3 is 6.03 Å². The van der Waals surface area contributed by atoms with Gasteiger partial charge in [-0.05, 0) is 76.1 Å². The smallest absolute Gasteiger partial charge is 0.315 e. The van der Waals surface area contributed by atoms with Crippen molar-refractivity contribution < 1.29 is 18.8 Å². The van der Waals surface area contributed by atoms with Gasteiger partial charge in [-0.15, -0.1) is 0 Å². The Morgan fingerprint density at radius 1 is 0.829 bits per heavy atom. The zero-order valence-corrected chi connectivity index (χ0v) is 24.3. The summed E-state index contributed by atoms with van der Waals surface area (Å²) in [5, 5.41) is 11.5. The second-order valence-corrected chi connectivity index (χ2v) is 11.2. The molecule has 0 radical (unpaired) electrons. The summed E-state index contributed by atoms with van der Waals surface area (Å²) in [4.78, 5) is 42.3. The standard InChI is InChI=1S/C31H40N6O4/c1-22-9-5-6-10-25(22)36-16-18-37(19-17-36)26-13-12-23(21-24(26)34-29(39)27-11-7-20-41-27)28(38)32-14-8-15-33-30(40)35-31(2,3)4/h5-7,9-13,20-21H,8,14-19H2,1-4H3,(H,32,38)(H,34,39)(H2,33,35,40). The van der Waals surface area contributed by atoms with Gasteiger partial charge in [0.25, 0.3) is 11.8 Å². The zero-order chi connectivity index (χ0) is 29.4. The molecule has 0 bridgehead atoms. The van der Waals surface area contributed by atoms with Gasteiger partial charge in [0.05, 0.1) is 17.6 Å². The number of rotatable bonds is 9. The third kappa shape index (κ3) is 8.26. The van der Waals surface area contributed by atoms with E-state index in [1.54, 1.807) is 24.3 Å². The molecule has 3 aromatic rings. The van der Waals surface area contributed by atoms with Crippen molar-refractivity contribution in [2.24, 2.45) is 0 Å². The average molecular weight is 561 g/mol. The van der Waals surface area contributed by atoms with Crippen LogP contribution < -0.4 is 31.1 Å². The lowest BCUT2D eigenvalue weighted by atomic mass is 10.1. The van der Waals surface area contributed by atoms with Crippen LogP contribution in [0.15, 0.2) is 65.3 Å². The molecular formula is C31H40N6O4. The lowest BCUT2D eigenvalue weighted by molar-refractivity contribution is 0.0951. The summed E-state index contributed by atoms with van der Waals surface area (Å²) >= 11 is 0. The van der Waals surface area contributed by atoms with E-state index in [9.17, 15) is 14.4 Å². The first kappa shape index (κ1) is 29.5. The number of carbonyl (C=O) groups excluding carboxylic acids is 3. The van der Waals surface area contributed by atoms with Crippen LogP contribution >= 0.6 is 0 Å². The maximum absolute atomic E-state index is 13.0. The normalized spacial score (nSPS) is 13.5. The van der Waals surface area contributed by atoms with Gasteiger partial charge in [0.15, 0.2) is 5.76 Å². The molecule has 0 saturated carbocycles. The molecule has 1 aliphatic rings. The number of para-hydroxylation sites is 1. The van der Waals surface area contributed by atoms with E-state index in [1.807, 2.05) is 32.9 Å². The second kappa shape index (κ2) is 13.3. The largest absolute Gasteiger partial charge is 0.459 e. The highest BCUT2D eigenvalue weighted by atomic mass is 16.3. The highest BCUT2D eigenvalue weighted by Gasteiger charge is 2.23. The summed E-state index contributed by atoms with van der Waals surface area (Å²) in [6.45, 7) is 11.9. The molecule has 1 saturated heterocycles. The molecule has 4 N–H and O–H groups in total. The van der Waals surface area contributed by atoms with Crippen LogP contribution in [-0.2, 0) is 0 Å². The molecule has 4 rings (SSSR count). The summed E-state index contributed by atoms with van der Waals surface area (Å²) in [6.07, 6.45) is 2.03. The van der Waals surface area contributed by atoms with Crippen molar-refractivity contribution in [3.63, 3.8) is 0 Å². The highest BCUT2D eigenvalue weighted by Crippen LogP contribution is 2.30. The molecule has 2 aromatic carbocycles. The van der Waals surface area contributed by atoms with Crippen LogP contribution in [0.1, 0.15) is 53.7 Å². The van der Waals surface area contributed by atoms with Gasteiger partial charge in [-0.1, -0.05) is 18.2 Å². The van der Waals surface area contributed by atoms with Gasteiger partial charge in [-0.25, -0.2) is 4.79 Å². The number of carbonyl (C=O) groups is 3. The van der Waals surface area contributed by atoms with E-state index in [0.717, 1.165) is 31.9 Å². The average Bonchev–Trinajstić information content (AvgIpc) is 3.48. The van der Waals surface area contributed by atoms with E-state index in [2.05, 4.69) is 56.2 Å². The van der Waals surface area contributed by atoms with Crippen molar-refractivity contribution in [2.75, 3.05) is 54.4 Å². The molecular weight excluding hydrogens is 520 g/mol. The fraction of sp³-hybridized carbons (Fsp3) is 0.387. The van der Waals surface area contributed by atoms with Crippen LogP contribution in [0.3, 0.4) is 0 Å². The van der Waals surface area contributed by atoms with E-state index < -0.39 is 0 Å². The van der Waals surface area contributed by atoms with Crippen molar-refractivity contribution >= 4 is 34.9 Å². The lowest BCUT2D eigenvalue weighted by Gasteiger charge is -2.38. The third-order valence-corrected chi connectivity index (χ3v) is 6.74. The maximum Gasteiger partial charge on any atom is 0.315 e. The number of hydrogen-bond donors (Lipinski definition) is 4. The van der Waals surface area contributed by atoms with Gasteiger partial charge < -0.3 is 35.5 Å². The Morgan fingerprint density at radius 3 is 2.17 bits per heavy atom. The molecule has 0 atom stereocenters. The molecule has 1 aliphatic heterocycles. The minimum absolute atomic E-state index is 0.193. The first-order valence-electron chi connectivity index (χ1n) is 14.0. The van der Waals surface area contributed by atoms with Crippen molar-refractivity contribution in [3.05, 3.63) is 77.7 Å².